The van der Waals surface area contributed by atoms with Crippen LogP contribution in [-0.2, 0) is 6.54 Å². The van der Waals surface area contributed by atoms with Crippen LogP contribution in [0, 0.1) is 0 Å². The molecule has 1 amide bonds. The predicted molar refractivity (Wildman–Crippen MR) is 105 cm³/mol. The summed E-state index contributed by atoms with van der Waals surface area (Å²) in [5.74, 6) is 0.365. The maximum atomic E-state index is 12.6. The Hall–Kier alpha value is -2.12. The molecule has 25 heavy (non-hydrogen) atoms. The van der Waals surface area contributed by atoms with E-state index in [1.807, 2.05) is 25.1 Å². The van der Waals surface area contributed by atoms with Crippen LogP contribution in [0.2, 0.25) is 0 Å². The highest BCUT2D eigenvalue weighted by Crippen LogP contribution is 2.25. The van der Waals surface area contributed by atoms with Crippen LogP contribution in [0.4, 0.5) is 5.69 Å². The van der Waals surface area contributed by atoms with E-state index in [2.05, 4.69) is 21.2 Å². The first kappa shape index (κ1) is 17.7. The summed E-state index contributed by atoms with van der Waals surface area (Å²) in [7, 11) is 1.56. The minimum Gasteiger partial charge on any atom is -0.497 e. The second-order valence-corrected chi connectivity index (χ2v) is 7.35. The van der Waals surface area contributed by atoms with E-state index in [9.17, 15) is 9.59 Å². The van der Waals surface area contributed by atoms with Crippen molar-refractivity contribution in [1.82, 2.24) is 4.57 Å². The van der Waals surface area contributed by atoms with Gasteiger partial charge in [0.1, 0.15) is 5.75 Å². The molecule has 0 radical (unpaired) electrons. The van der Waals surface area contributed by atoms with Crippen LogP contribution in [0.5, 0.6) is 5.75 Å². The van der Waals surface area contributed by atoms with E-state index in [0.29, 0.717) is 28.0 Å². The molecule has 0 atom stereocenters. The number of aromatic nitrogens is 1. The van der Waals surface area contributed by atoms with E-state index in [0.717, 1.165) is 16.6 Å². The molecule has 0 saturated heterocycles. The molecule has 3 aromatic rings. The summed E-state index contributed by atoms with van der Waals surface area (Å²) < 4.78 is 8.49. The Morgan fingerprint density at radius 3 is 2.80 bits per heavy atom. The van der Waals surface area contributed by atoms with Gasteiger partial charge >= 0.3 is 4.87 Å². The molecule has 7 heteroatoms. The second kappa shape index (κ2) is 7.41. The van der Waals surface area contributed by atoms with Crippen molar-refractivity contribution in [1.29, 1.82) is 0 Å². The van der Waals surface area contributed by atoms with Crippen LogP contribution in [0.1, 0.15) is 23.7 Å². The summed E-state index contributed by atoms with van der Waals surface area (Å²) in [5, 5.41) is 2.87. The summed E-state index contributed by atoms with van der Waals surface area (Å²) in [6, 6.07) is 10.7. The highest BCUT2D eigenvalue weighted by molar-refractivity contribution is 9.10. The number of anilines is 1. The predicted octanol–water partition coefficient (Wildman–Crippen LogP) is 4.50. The van der Waals surface area contributed by atoms with Gasteiger partial charge in [0.05, 0.1) is 22.9 Å². The molecule has 0 unspecified atom stereocenters. The Balaban J connectivity index is 1.90. The number of methoxy groups -OCH3 is 1. The minimum absolute atomic E-state index is 0.0240. The SMILES string of the molecule is CCCn1c(=O)sc2cc(NC(=O)c3cc(OC)ccc3Br)ccc21. The van der Waals surface area contributed by atoms with Gasteiger partial charge in [0.2, 0.25) is 0 Å². The monoisotopic (exact) mass is 420 g/mol. The maximum Gasteiger partial charge on any atom is 0.308 e. The van der Waals surface area contributed by atoms with Crippen LogP contribution in [0.3, 0.4) is 0 Å². The van der Waals surface area contributed by atoms with Gasteiger partial charge in [-0.1, -0.05) is 18.3 Å². The van der Waals surface area contributed by atoms with Gasteiger partial charge in [-0.15, -0.1) is 0 Å². The number of carbonyl (C=O) groups is 1. The molecule has 3 rings (SSSR count). The molecule has 0 aliphatic rings. The summed E-state index contributed by atoms with van der Waals surface area (Å²) in [6.45, 7) is 2.73. The molecule has 0 fully saturated rings. The topological polar surface area (TPSA) is 60.3 Å². The molecule has 0 saturated carbocycles. The number of benzene rings is 2. The number of hydrogen-bond acceptors (Lipinski definition) is 4. The van der Waals surface area contributed by atoms with E-state index in [-0.39, 0.29) is 10.8 Å². The van der Waals surface area contributed by atoms with Gasteiger partial charge < -0.3 is 10.1 Å². The molecular weight excluding hydrogens is 404 g/mol. The highest BCUT2D eigenvalue weighted by atomic mass is 79.9. The molecule has 0 aliphatic carbocycles. The van der Waals surface area contributed by atoms with Crippen molar-refractivity contribution in [2.24, 2.45) is 0 Å². The van der Waals surface area contributed by atoms with Gasteiger partial charge in [-0.3, -0.25) is 14.2 Å². The van der Waals surface area contributed by atoms with Gasteiger partial charge in [0.15, 0.2) is 0 Å². The highest BCUT2D eigenvalue weighted by Gasteiger charge is 2.13. The minimum atomic E-state index is -0.245. The van der Waals surface area contributed by atoms with Crippen molar-refractivity contribution in [3.63, 3.8) is 0 Å². The zero-order valence-corrected chi connectivity index (χ0v) is 16.2. The Bertz CT molecular complexity index is 994. The Morgan fingerprint density at radius 2 is 2.08 bits per heavy atom. The number of carbonyl (C=O) groups excluding carboxylic acids is 1. The fourth-order valence-corrected chi connectivity index (χ4v) is 3.97. The normalized spacial score (nSPS) is 10.8. The molecule has 0 aliphatic heterocycles. The summed E-state index contributed by atoms with van der Waals surface area (Å²) in [4.78, 5) is 24.7. The number of nitrogens with one attached hydrogen (secondary N) is 1. The number of halogens is 1. The van der Waals surface area contributed by atoms with Gasteiger partial charge in [-0.05, 0) is 58.7 Å². The van der Waals surface area contributed by atoms with Crippen LogP contribution in [0.15, 0.2) is 45.7 Å². The second-order valence-electron chi connectivity index (χ2n) is 5.50. The fraction of sp³-hybridized carbons (Fsp3) is 0.222. The van der Waals surface area contributed by atoms with E-state index >= 15 is 0 Å². The van der Waals surface area contributed by atoms with Crippen molar-refractivity contribution >= 4 is 49.1 Å². The van der Waals surface area contributed by atoms with Crippen molar-refractivity contribution < 1.29 is 9.53 Å². The lowest BCUT2D eigenvalue weighted by molar-refractivity contribution is 0.102. The van der Waals surface area contributed by atoms with Crippen molar-refractivity contribution in [2.45, 2.75) is 19.9 Å². The average Bonchev–Trinajstić information content (AvgIpc) is 2.90. The largest absolute Gasteiger partial charge is 0.497 e. The van der Waals surface area contributed by atoms with Gasteiger partial charge in [-0.2, -0.15) is 0 Å². The number of amides is 1. The number of hydrogen-bond donors (Lipinski definition) is 1. The summed E-state index contributed by atoms with van der Waals surface area (Å²) >= 11 is 4.58. The first-order valence-corrected chi connectivity index (χ1v) is 9.42. The third kappa shape index (κ3) is 3.62. The van der Waals surface area contributed by atoms with Gasteiger partial charge in [-0.25, -0.2) is 0 Å². The third-order valence-electron chi connectivity index (χ3n) is 3.79. The van der Waals surface area contributed by atoms with Crippen LogP contribution in [-0.4, -0.2) is 17.6 Å². The van der Waals surface area contributed by atoms with Crippen molar-refractivity contribution in [2.75, 3.05) is 12.4 Å². The maximum absolute atomic E-state index is 12.6. The van der Waals surface area contributed by atoms with E-state index in [1.54, 1.807) is 29.9 Å². The Morgan fingerprint density at radius 1 is 1.28 bits per heavy atom. The molecular formula is C18H17BrN2O3S. The molecule has 2 aromatic carbocycles. The van der Waals surface area contributed by atoms with Crippen molar-refractivity contribution in [3.8, 4) is 5.75 Å². The quantitative estimate of drug-likeness (QED) is 0.660. The van der Waals surface area contributed by atoms with Gasteiger partial charge in [0, 0.05) is 16.7 Å². The van der Waals surface area contributed by atoms with Gasteiger partial charge in [0.25, 0.3) is 5.91 Å². The first-order chi connectivity index (χ1) is 12.0. The van der Waals surface area contributed by atoms with Crippen molar-refractivity contribution in [3.05, 3.63) is 56.1 Å². The first-order valence-electron chi connectivity index (χ1n) is 7.81. The zero-order valence-electron chi connectivity index (χ0n) is 13.8. The van der Waals surface area contributed by atoms with E-state index in [4.69, 9.17) is 4.74 Å². The molecule has 1 N–H and O–H groups in total. The lowest BCUT2D eigenvalue weighted by atomic mass is 10.2. The number of thiazole rings is 1. The molecule has 0 bridgehead atoms. The average molecular weight is 421 g/mol. The number of nitrogens with zero attached hydrogens (tertiary/aromatic N) is 1. The summed E-state index contributed by atoms with van der Waals surface area (Å²) in [5.41, 5.74) is 2.03. The molecule has 1 heterocycles. The van der Waals surface area contributed by atoms with Crippen LogP contribution < -0.4 is 14.9 Å². The smallest absolute Gasteiger partial charge is 0.308 e. The summed E-state index contributed by atoms with van der Waals surface area (Å²) in [6.07, 6.45) is 0.897. The number of ether oxygens (including phenoxy) is 1. The lowest BCUT2D eigenvalue weighted by Gasteiger charge is -2.09. The molecule has 130 valence electrons. The fourth-order valence-electron chi connectivity index (χ4n) is 2.58. The zero-order chi connectivity index (χ0) is 18.0. The standard InChI is InChI=1S/C18H17BrN2O3S/c1-3-8-21-15-7-4-11(9-16(15)25-18(21)23)20-17(22)13-10-12(24-2)5-6-14(13)19/h4-7,9-10H,3,8H2,1-2H3,(H,20,22). The van der Waals surface area contributed by atoms with E-state index in [1.165, 1.54) is 11.3 Å². The van der Waals surface area contributed by atoms with Crippen LogP contribution in [0.25, 0.3) is 10.2 Å². The number of aryl methyl sites for hydroxylation is 1. The Labute approximate surface area is 157 Å². The number of fused-ring (bicyclic) bond motifs is 1. The van der Waals surface area contributed by atoms with Crippen LogP contribution >= 0.6 is 27.3 Å². The molecule has 1 aromatic heterocycles. The van der Waals surface area contributed by atoms with E-state index < -0.39 is 0 Å². The Kier molecular flexibility index (Phi) is 5.24. The molecule has 5 nitrogen and oxygen atoms in total. The number of rotatable bonds is 5. The molecule has 0 spiro atoms. The third-order valence-corrected chi connectivity index (χ3v) is 5.42. The lowest BCUT2D eigenvalue weighted by Crippen LogP contribution is -2.13.